The highest BCUT2D eigenvalue weighted by Gasteiger charge is 2.40. The molecule has 1 rings (SSSR count). The number of hydrogen-bond acceptors (Lipinski definition) is 4. The lowest BCUT2D eigenvalue weighted by molar-refractivity contribution is -0.225. The van der Waals surface area contributed by atoms with Gasteiger partial charge in [-0.1, -0.05) is 19.0 Å². The van der Waals surface area contributed by atoms with Crippen molar-refractivity contribution >= 4 is 0 Å². The number of azide groups is 1. The number of aliphatic hydroxyl groups is 2. The van der Waals surface area contributed by atoms with E-state index < -0.39 is 18.4 Å². The van der Waals surface area contributed by atoms with E-state index >= 15 is 0 Å². The summed E-state index contributed by atoms with van der Waals surface area (Å²) in [6, 6.07) is -0.710. The second kappa shape index (κ2) is 4.61. The van der Waals surface area contributed by atoms with Crippen molar-refractivity contribution in [3.63, 3.8) is 0 Å². The van der Waals surface area contributed by atoms with Gasteiger partial charge < -0.3 is 14.9 Å². The van der Waals surface area contributed by atoms with Crippen LogP contribution in [0.2, 0.25) is 0 Å². The van der Waals surface area contributed by atoms with E-state index in [9.17, 15) is 10.2 Å². The maximum absolute atomic E-state index is 9.73. The molecule has 14 heavy (non-hydrogen) atoms. The molecule has 1 aliphatic rings. The summed E-state index contributed by atoms with van der Waals surface area (Å²) < 4.78 is 5.12. The molecule has 1 saturated heterocycles. The standard InChI is InChI=1S/C8H15N3O3/c1-3-5-7(12)4(2)6(10-11-9)8(13)14-5/h4-8,12-13H,3H2,1-2H3/t4-,5?,6?,7-,8?/m1/s1. The Balaban J connectivity index is 2.78. The molecule has 0 bridgehead atoms. The van der Waals surface area contributed by atoms with Gasteiger partial charge in [0.15, 0.2) is 6.29 Å². The zero-order chi connectivity index (χ0) is 10.7. The van der Waals surface area contributed by atoms with Crippen LogP contribution in [0.4, 0.5) is 0 Å². The average molecular weight is 201 g/mol. The lowest BCUT2D eigenvalue weighted by atomic mass is 9.88. The van der Waals surface area contributed by atoms with Gasteiger partial charge in [0.2, 0.25) is 0 Å². The molecule has 1 heterocycles. The molecular formula is C8H15N3O3. The quantitative estimate of drug-likeness (QED) is 0.392. The van der Waals surface area contributed by atoms with E-state index in [0.29, 0.717) is 6.42 Å². The Labute approximate surface area is 82.1 Å². The lowest BCUT2D eigenvalue weighted by Gasteiger charge is -2.39. The normalized spacial score (nSPS) is 43.0. The van der Waals surface area contributed by atoms with E-state index in [1.807, 2.05) is 6.92 Å². The molecule has 2 N–H and O–H groups in total. The highest BCUT2D eigenvalue weighted by atomic mass is 16.6. The van der Waals surface area contributed by atoms with E-state index in [1.54, 1.807) is 6.92 Å². The molecule has 0 spiro atoms. The van der Waals surface area contributed by atoms with Crippen LogP contribution < -0.4 is 0 Å². The predicted octanol–water partition coefficient (Wildman–Crippen LogP) is 0.789. The maximum atomic E-state index is 9.73. The fraction of sp³-hybridized carbons (Fsp3) is 1.00. The summed E-state index contributed by atoms with van der Waals surface area (Å²) in [7, 11) is 0. The van der Waals surface area contributed by atoms with Gasteiger partial charge in [-0.15, -0.1) is 0 Å². The lowest BCUT2D eigenvalue weighted by Crippen LogP contribution is -2.51. The Morgan fingerprint density at radius 3 is 2.64 bits per heavy atom. The summed E-state index contributed by atoms with van der Waals surface area (Å²) in [5, 5.41) is 22.6. The first kappa shape index (κ1) is 11.3. The summed E-state index contributed by atoms with van der Waals surface area (Å²) in [5.74, 6) is -0.292. The monoisotopic (exact) mass is 201 g/mol. The molecule has 0 amide bonds. The molecule has 0 aromatic carbocycles. The van der Waals surface area contributed by atoms with E-state index in [0.717, 1.165) is 0 Å². The first-order valence-corrected chi connectivity index (χ1v) is 4.67. The summed E-state index contributed by atoms with van der Waals surface area (Å²) in [4.78, 5) is 2.62. The SMILES string of the molecule is CCC1OC(O)C(N=[N+]=[N-])[C@@H](C)[C@H]1O. The number of rotatable bonds is 2. The van der Waals surface area contributed by atoms with E-state index in [2.05, 4.69) is 10.0 Å². The largest absolute Gasteiger partial charge is 0.390 e. The van der Waals surface area contributed by atoms with Crippen molar-refractivity contribution in [3.8, 4) is 0 Å². The molecule has 5 atom stereocenters. The molecule has 0 aromatic heterocycles. The molecular weight excluding hydrogens is 186 g/mol. The van der Waals surface area contributed by atoms with Gasteiger partial charge in [-0.3, -0.25) is 0 Å². The fourth-order valence-electron chi connectivity index (χ4n) is 1.70. The number of aliphatic hydroxyl groups excluding tert-OH is 2. The first-order chi connectivity index (χ1) is 6.61. The van der Waals surface area contributed by atoms with Gasteiger partial charge in [0.25, 0.3) is 0 Å². The molecule has 1 aliphatic heterocycles. The highest BCUT2D eigenvalue weighted by molar-refractivity contribution is 4.90. The summed E-state index contributed by atoms with van der Waals surface area (Å²) in [6.45, 7) is 3.60. The molecule has 0 aromatic rings. The zero-order valence-electron chi connectivity index (χ0n) is 8.24. The van der Waals surface area contributed by atoms with Crippen molar-refractivity contribution in [2.24, 2.45) is 11.0 Å². The van der Waals surface area contributed by atoms with Gasteiger partial charge in [-0.2, -0.15) is 0 Å². The average Bonchev–Trinajstić information content (AvgIpc) is 2.18. The van der Waals surface area contributed by atoms with Gasteiger partial charge >= 0.3 is 0 Å². The number of hydrogen-bond donors (Lipinski definition) is 2. The van der Waals surface area contributed by atoms with Crippen LogP contribution in [0, 0.1) is 5.92 Å². The Hall–Kier alpha value is -0.810. The second-order valence-corrected chi connectivity index (χ2v) is 3.52. The fourth-order valence-corrected chi connectivity index (χ4v) is 1.70. The van der Waals surface area contributed by atoms with Gasteiger partial charge in [0.05, 0.1) is 18.2 Å². The summed E-state index contributed by atoms with van der Waals surface area (Å²) in [5.41, 5.74) is 8.27. The molecule has 0 radical (unpaired) electrons. The minimum atomic E-state index is -1.12. The van der Waals surface area contributed by atoms with Crippen molar-refractivity contribution in [2.75, 3.05) is 0 Å². The topological polar surface area (TPSA) is 98.5 Å². The van der Waals surface area contributed by atoms with Crippen molar-refractivity contribution in [1.29, 1.82) is 0 Å². The van der Waals surface area contributed by atoms with Crippen LogP contribution in [-0.4, -0.2) is 34.8 Å². The minimum Gasteiger partial charge on any atom is -0.390 e. The minimum absolute atomic E-state index is 0.292. The molecule has 0 aliphatic carbocycles. The van der Waals surface area contributed by atoms with E-state index in [1.165, 1.54) is 0 Å². The van der Waals surface area contributed by atoms with E-state index in [-0.39, 0.29) is 12.0 Å². The molecule has 6 nitrogen and oxygen atoms in total. The van der Waals surface area contributed by atoms with Crippen LogP contribution in [0.3, 0.4) is 0 Å². The second-order valence-electron chi connectivity index (χ2n) is 3.52. The van der Waals surface area contributed by atoms with Crippen molar-refractivity contribution in [2.45, 2.75) is 44.8 Å². The van der Waals surface area contributed by atoms with Crippen LogP contribution in [0.15, 0.2) is 5.11 Å². The maximum Gasteiger partial charge on any atom is 0.163 e. The summed E-state index contributed by atoms with van der Waals surface area (Å²) >= 11 is 0. The molecule has 3 unspecified atom stereocenters. The van der Waals surface area contributed by atoms with Crippen LogP contribution in [0.25, 0.3) is 10.4 Å². The molecule has 6 heteroatoms. The third-order valence-electron chi connectivity index (χ3n) is 2.65. The Kier molecular flexibility index (Phi) is 3.71. The number of ether oxygens (including phenoxy) is 1. The van der Waals surface area contributed by atoms with Crippen LogP contribution in [0.1, 0.15) is 20.3 Å². The third kappa shape index (κ3) is 1.99. The highest BCUT2D eigenvalue weighted by Crippen LogP contribution is 2.28. The third-order valence-corrected chi connectivity index (χ3v) is 2.65. The van der Waals surface area contributed by atoms with Crippen LogP contribution in [0.5, 0.6) is 0 Å². The van der Waals surface area contributed by atoms with Crippen LogP contribution >= 0.6 is 0 Å². The molecule has 0 saturated carbocycles. The van der Waals surface area contributed by atoms with Crippen LogP contribution in [-0.2, 0) is 4.74 Å². The van der Waals surface area contributed by atoms with E-state index in [4.69, 9.17) is 10.3 Å². The van der Waals surface area contributed by atoms with Crippen molar-refractivity contribution in [1.82, 2.24) is 0 Å². The summed E-state index contributed by atoms with van der Waals surface area (Å²) in [6.07, 6.45) is -1.58. The first-order valence-electron chi connectivity index (χ1n) is 4.67. The van der Waals surface area contributed by atoms with Gasteiger partial charge in [0.1, 0.15) is 0 Å². The smallest absolute Gasteiger partial charge is 0.163 e. The van der Waals surface area contributed by atoms with Crippen molar-refractivity contribution in [3.05, 3.63) is 10.4 Å². The molecule has 1 fully saturated rings. The van der Waals surface area contributed by atoms with Gasteiger partial charge in [-0.05, 0) is 17.9 Å². The molecule has 80 valence electrons. The van der Waals surface area contributed by atoms with Crippen molar-refractivity contribution < 1.29 is 14.9 Å². The predicted molar refractivity (Wildman–Crippen MR) is 49.3 cm³/mol. The zero-order valence-corrected chi connectivity index (χ0v) is 8.24. The van der Waals surface area contributed by atoms with Gasteiger partial charge in [-0.25, -0.2) is 0 Å². The Morgan fingerprint density at radius 1 is 1.50 bits per heavy atom. The number of nitrogens with zero attached hydrogens (tertiary/aromatic N) is 3. The van der Waals surface area contributed by atoms with Gasteiger partial charge in [0, 0.05) is 4.91 Å². The Morgan fingerprint density at radius 2 is 2.14 bits per heavy atom. The Bertz CT molecular complexity index is 242.